The summed E-state index contributed by atoms with van der Waals surface area (Å²) < 4.78 is 5.01. The van der Waals surface area contributed by atoms with Crippen LogP contribution < -0.4 is 26.2 Å². The Hall–Kier alpha value is -10.9. The molecule has 1 fully saturated rings. The van der Waals surface area contributed by atoms with Crippen LogP contribution in [0.1, 0.15) is 44.6 Å². The summed E-state index contributed by atoms with van der Waals surface area (Å²) in [5, 5.41) is 4.98. The summed E-state index contributed by atoms with van der Waals surface area (Å²) in [5.41, 5.74) is 28.7. The lowest BCUT2D eigenvalue weighted by atomic mass is 9.33. The first kappa shape index (κ1) is 53.2. The smallest absolute Gasteiger partial charge is 0.252 e. The number of anilines is 6. The molecule has 0 amide bonds. The highest BCUT2D eigenvalue weighted by atomic mass is 15.2. The van der Waals surface area contributed by atoms with E-state index in [2.05, 4.69) is 336 Å². The molecule has 0 radical (unpaired) electrons. The van der Waals surface area contributed by atoms with Crippen molar-refractivity contribution >= 4 is 101 Å². The molecule has 3 aliphatic rings. The third-order valence-corrected chi connectivity index (χ3v) is 20.2. The summed E-state index contributed by atoms with van der Waals surface area (Å²) in [6.07, 6.45) is 3.49. The van der Waals surface area contributed by atoms with Crippen LogP contribution in [0.3, 0.4) is 0 Å². The SMILES string of the molecule is CC1CC(C)CC(c2cc3c4c(c2)N(c2c(-c5ccccc5)cccc2-c2ccccc2)c2cc(-n5c6ccccc6c6ccccc65)ccc2B4c2ccc(-n4c5ccccc5c5ccccc54)cc2N3c2c(-c3ccccc3)cccc2-c2ccccc2)C1. The first-order valence-electron chi connectivity index (χ1n) is 32.5. The number of hydrogen-bond acceptors (Lipinski definition) is 2. The molecule has 2 aliphatic heterocycles. The van der Waals surface area contributed by atoms with Gasteiger partial charge in [-0.2, -0.15) is 0 Å². The second-order valence-corrected chi connectivity index (χ2v) is 25.8. The van der Waals surface area contributed by atoms with E-state index in [-0.39, 0.29) is 6.71 Å². The van der Waals surface area contributed by atoms with E-state index in [1.165, 1.54) is 139 Å². The molecule has 5 heteroatoms. The van der Waals surface area contributed by atoms with Gasteiger partial charge < -0.3 is 18.9 Å². The fourth-order valence-electron chi connectivity index (χ4n) is 16.6. The van der Waals surface area contributed by atoms with Crippen molar-refractivity contribution in [3.63, 3.8) is 0 Å². The number of hydrogen-bond donors (Lipinski definition) is 0. The molecule has 2 aromatic heterocycles. The molecule has 0 saturated heterocycles. The van der Waals surface area contributed by atoms with E-state index in [0.29, 0.717) is 17.8 Å². The van der Waals surface area contributed by atoms with Crippen molar-refractivity contribution in [1.29, 1.82) is 0 Å². The zero-order valence-electron chi connectivity index (χ0n) is 51.1. The Morgan fingerprint density at radius 1 is 0.297 bits per heavy atom. The monoisotopic (exact) mass is 1160 g/mol. The average Bonchev–Trinajstić information content (AvgIpc) is 1.09. The van der Waals surface area contributed by atoms with Crippen LogP contribution in [0.5, 0.6) is 0 Å². The maximum Gasteiger partial charge on any atom is 0.252 e. The molecule has 0 N–H and O–H groups in total. The molecule has 1 saturated carbocycles. The predicted octanol–water partition coefficient (Wildman–Crippen LogP) is 21.2. The van der Waals surface area contributed by atoms with Crippen molar-refractivity contribution in [3.8, 4) is 55.9 Å². The van der Waals surface area contributed by atoms with Crippen molar-refractivity contribution in [2.45, 2.75) is 39.0 Å². The molecule has 2 unspecified atom stereocenters. The van der Waals surface area contributed by atoms with Gasteiger partial charge in [-0.3, -0.25) is 0 Å². The molecule has 2 atom stereocenters. The van der Waals surface area contributed by atoms with Gasteiger partial charge in [-0.1, -0.05) is 257 Å². The van der Waals surface area contributed by atoms with Crippen molar-refractivity contribution < 1.29 is 0 Å². The molecule has 0 spiro atoms. The Labute approximate surface area is 532 Å². The summed E-state index contributed by atoms with van der Waals surface area (Å²) in [6, 6.07) is 115. The number of aromatic nitrogens is 2. The molecular formula is C86H65BN4. The highest BCUT2D eigenvalue weighted by Crippen LogP contribution is 2.55. The molecule has 0 bridgehead atoms. The maximum absolute atomic E-state index is 2.74. The Morgan fingerprint density at radius 2 is 0.615 bits per heavy atom. The predicted molar refractivity (Wildman–Crippen MR) is 386 cm³/mol. The van der Waals surface area contributed by atoms with Gasteiger partial charge in [0.2, 0.25) is 0 Å². The lowest BCUT2D eigenvalue weighted by Gasteiger charge is -2.46. The van der Waals surface area contributed by atoms with Gasteiger partial charge in [-0.25, -0.2) is 0 Å². The van der Waals surface area contributed by atoms with E-state index in [4.69, 9.17) is 0 Å². The van der Waals surface area contributed by atoms with Crippen molar-refractivity contribution in [2.75, 3.05) is 9.80 Å². The standard InChI is InChI=1S/C86H65BN4/c1-56-49-57(2)51-62(50-56)63-52-82-84-83(53-63)91(86-68(60-29-11-5-12-30-60)39-24-40-69(86)61-31-13-6-14-32-61)81-55-65(89-78-43-21-17-35-72(78)73-36-18-22-44-79(73)89)46-48-75(81)87(84)74-47-45-64(88-76-41-19-15-33-70(76)71-34-16-20-42-77(71)88)54-80(74)90(82)85-66(58-25-7-3-8-26-58)37-23-38-67(85)59-27-9-4-10-28-59/h3-48,52-57,62H,49-51H2,1-2H3. The summed E-state index contributed by atoms with van der Waals surface area (Å²) in [7, 11) is 0. The van der Waals surface area contributed by atoms with Crippen LogP contribution in [-0.4, -0.2) is 15.8 Å². The molecular weight excluding hydrogens is 1100 g/mol. The van der Waals surface area contributed by atoms with Gasteiger partial charge in [0.1, 0.15) is 0 Å². The quantitative estimate of drug-likeness (QED) is 0.134. The van der Waals surface area contributed by atoms with E-state index in [1.807, 2.05) is 0 Å². The van der Waals surface area contributed by atoms with Crippen LogP contribution in [-0.2, 0) is 0 Å². The highest BCUT2D eigenvalue weighted by Gasteiger charge is 2.46. The highest BCUT2D eigenvalue weighted by molar-refractivity contribution is 7.00. The van der Waals surface area contributed by atoms with Gasteiger partial charge in [0.25, 0.3) is 6.71 Å². The maximum atomic E-state index is 2.74. The van der Waals surface area contributed by atoms with Gasteiger partial charge in [-0.05, 0) is 142 Å². The summed E-state index contributed by atoms with van der Waals surface area (Å²) in [4.78, 5) is 5.48. The minimum Gasteiger partial charge on any atom is -0.310 e. The fraction of sp³-hybridized carbons (Fsp3) is 0.0930. The van der Waals surface area contributed by atoms with Gasteiger partial charge >= 0.3 is 0 Å². The topological polar surface area (TPSA) is 16.3 Å². The van der Waals surface area contributed by atoms with Crippen LogP contribution >= 0.6 is 0 Å². The minimum absolute atomic E-state index is 0.173. The van der Waals surface area contributed by atoms with Gasteiger partial charge in [0.15, 0.2) is 0 Å². The lowest BCUT2D eigenvalue weighted by molar-refractivity contribution is 0.268. The summed E-state index contributed by atoms with van der Waals surface area (Å²) >= 11 is 0. The number of para-hydroxylation sites is 6. The minimum atomic E-state index is -0.173. The fourth-order valence-corrected chi connectivity index (χ4v) is 16.6. The molecule has 1 aliphatic carbocycles. The zero-order chi connectivity index (χ0) is 60.3. The molecule has 4 heterocycles. The van der Waals surface area contributed by atoms with E-state index < -0.39 is 0 Å². The molecule has 91 heavy (non-hydrogen) atoms. The Kier molecular flexibility index (Phi) is 12.5. The lowest BCUT2D eigenvalue weighted by Crippen LogP contribution is -2.61. The van der Waals surface area contributed by atoms with Crippen molar-refractivity contribution in [2.24, 2.45) is 11.8 Å². The Bertz CT molecular complexity index is 4790. The third kappa shape index (κ3) is 8.51. The van der Waals surface area contributed by atoms with E-state index in [9.17, 15) is 0 Å². The second-order valence-electron chi connectivity index (χ2n) is 25.8. The number of nitrogens with zero attached hydrogens (tertiary/aromatic N) is 4. The van der Waals surface area contributed by atoms with Crippen LogP contribution in [0.4, 0.5) is 34.1 Å². The van der Waals surface area contributed by atoms with Crippen molar-refractivity contribution in [3.05, 3.63) is 309 Å². The van der Waals surface area contributed by atoms with E-state index in [1.54, 1.807) is 0 Å². The molecule has 13 aromatic carbocycles. The van der Waals surface area contributed by atoms with Gasteiger partial charge in [-0.15, -0.1) is 0 Å². The first-order chi connectivity index (χ1) is 45.0. The Morgan fingerprint density at radius 3 is 0.956 bits per heavy atom. The van der Waals surface area contributed by atoms with E-state index >= 15 is 0 Å². The van der Waals surface area contributed by atoms with Crippen LogP contribution in [0.25, 0.3) is 99.5 Å². The number of benzene rings is 13. The van der Waals surface area contributed by atoms with Gasteiger partial charge in [0.05, 0.1) is 33.4 Å². The van der Waals surface area contributed by atoms with Crippen LogP contribution in [0.15, 0.2) is 303 Å². The van der Waals surface area contributed by atoms with Gasteiger partial charge in [0, 0.05) is 77.9 Å². The van der Waals surface area contributed by atoms with E-state index in [0.717, 1.165) is 35.6 Å². The number of fused-ring (bicyclic) bond motifs is 10. The first-order valence-corrected chi connectivity index (χ1v) is 32.5. The third-order valence-electron chi connectivity index (χ3n) is 20.2. The molecule has 18 rings (SSSR count). The molecule has 432 valence electrons. The van der Waals surface area contributed by atoms with Crippen molar-refractivity contribution in [1.82, 2.24) is 9.13 Å². The van der Waals surface area contributed by atoms with Crippen LogP contribution in [0.2, 0.25) is 0 Å². The Balaban J connectivity index is 1.02. The second kappa shape index (κ2) is 21.4. The number of rotatable bonds is 9. The largest absolute Gasteiger partial charge is 0.310 e. The summed E-state index contributed by atoms with van der Waals surface area (Å²) in [5.74, 6) is 1.49. The normalized spacial score (nSPS) is 15.9. The average molecular weight is 1170 g/mol. The summed E-state index contributed by atoms with van der Waals surface area (Å²) in [6.45, 7) is 4.81. The zero-order valence-corrected chi connectivity index (χ0v) is 51.1. The molecule has 4 nitrogen and oxygen atoms in total. The van der Waals surface area contributed by atoms with Crippen LogP contribution in [0, 0.1) is 11.8 Å². The molecule has 15 aromatic rings.